The Bertz CT molecular complexity index is 1270. The van der Waals surface area contributed by atoms with Gasteiger partial charge >= 0.3 is 10.2 Å². The van der Waals surface area contributed by atoms with E-state index in [-0.39, 0.29) is 37.2 Å². The molecule has 2 aromatic carbocycles. The summed E-state index contributed by atoms with van der Waals surface area (Å²) in [5, 5.41) is 9.38. The summed E-state index contributed by atoms with van der Waals surface area (Å²) in [6.45, 7) is 1.19. The number of aliphatic hydroxyl groups is 1. The summed E-state index contributed by atoms with van der Waals surface area (Å²) >= 11 is 0. The van der Waals surface area contributed by atoms with Gasteiger partial charge in [0.15, 0.2) is 17.3 Å². The number of benzene rings is 2. The van der Waals surface area contributed by atoms with Crippen LogP contribution in [-0.4, -0.2) is 56.9 Å². The first kappa shape index (κ1) is 26.5. The summed E-state index contributed by atoms with van der Waals surface area (Å²) in [5.74, 6) is 0.883. The largest absolute Gasteiger partial charge is 0.493 e. The van der Waals surface area contributed by atoms with E-state index in [1.54, 1.807) is 24.3 Å². The molecule has 198 valence electrons. The molecular weight excluding hydrogens is 498 g/mol. The van der Waals surface area contributed by atoms with Crippen molar-refractivity contribution in [2.24, 2.45) is 0 Å². The predicted molar refractivity (Wildman–Crippen MR) is 140 cm³/mol. The Morgan fingerprint density at radius 2 is 1.68 bits per heavy atom. The molecule has 0 radical (unpaired) electrons. The average Bonchev–Trinajstić information content (AvgIpc) is 2.93. The number of methoxy groups -OCH3 is 1. The monoisotopic (exact) mass is 529 g/mol. The molecule has 0 unspecified atom stereocenters. The molecule has 0 amide bonds. The van der Waals surface area contributed by atoms with E-state index in [9.17, 15) is 13.5 Å². The Morgan fingerprint density at radius 1 is 0.973 bits per heavy atom. The van der Waals surface area contributed by atoms with E-state index in [1.807, 2.05) is 35.2 Å². The molecule has 1 saturated heterocycles. The van der Waals surface area contributed by atoms with Crippen molar-refractivity contribution >= 4 is 22.0 Å². The van der Waals surface area contributed by atoms with Gasteiger partial charge in [-0.05, 0) is 37.0 Å². The Hall–Kier alpha value is -3.61. The number of ether oxygens (including phenoxy) is 3. The molecule has 0 bridgehead atoms. The van der Waals surface area contributed by atoms with Crippen LogP contribution in [0.3, 0.4) is 0 Å². The SMILES string of the molecule is COc1ccccc1Oc1c(NS(=O)(=O)NCc2ccccc2)nc(N2CCCCC2)nc1OCCO. The van der Waals surface area contributed by atoms with Crippen LogP contribution in [0.1, 0.15) is 24.8 Å². The number of nitrogens with zero attached hydrogens (tertiary/aromatic N) is 3. The molecule has 0 spiro atoms. The summed E-state index contributed by atoms with van der Waals surface area (Å²) in [5.41, 5.74) is 0.794. The fourth-order valence-corrected chi connectivity index (χ4v) is 4.63. The summed E-state index contributed by atoms with van der Waals surface area (Å²) in [4.78, 5) is 11.0. The molecule has 11 nitrogen and oxygen atoms in total. The maximum absolute atomic E-state index is 13.1. The molecular formula is C25H31N5O6S. The Morgan fingerprint density at radius 3 is 2.38 bits per heavy atom. The number of hydrogen-bond donors (Lipinski definition) is 3. The molecule has 2 heterocycles. The third-order valence-electron chi connectivity index (χ3n) is 5.61. The van der Waals surface area contributed by atoms with Gasteiger partial charge in [0.2, 0.25) is 11.7 Å². The molecule has 12 heteroatoms. The highest BCUT2D eigenvalue weighted by molar-refractivity contribution is 7.90. The highest BCUT2D eigenvalue weighted by Crippen LogP contribution is 2.41. The highest BCUT2D eigenvalue weighted by Gasteiger charge is 2.26. The van der Waals surface area contributed by atoms with Crippen LogP contribution in [-0.2, 0) is 16.8 Å². The van der Waals surface area contributed by atoms with Gasteiger partial charge in [-0.25, -0.2) is 0 Å². The van der Waals surface area contributed by atoms with E-state index in [1.165, 1.54) is 7.11 Å². The number of anilines is 2. The van der Waals surface area contributed by atoms with Gasteiger partial charge in [0, 0.05) is 19.6 Å². The van der Waals surface area contributed by atoms with Crippen LogP contribution in [0, 0.1) is 0 Å². The summed E-state index contributed by atoms with van der Waals surface area (Å²) in [7, 11) is -2.57. The smallest absolute Gasteiger partial charge is 0.300 e. The lowest BCUT2D eigenvalue weighted by molar-refractivity contribution is 0.192. The van der Waals surface area contributed by atoms with E-state index in [0.717, 1.165) is 37.9 Å². The number of piperidine rings is 1. The topological polar surface area (TPSA) is 135 Å². The molecule has 1 aliphatic rings. The lowest BCUT2D eigenvalue weighted by Gasteiger charge is -2.28. The van der Waals surface area contributed by atoms with E-state index in [0.29, 0.717) is 17.4 Å². The van der Waals surface area contributed by atoms with Crippen molar-refractivity contribution in [3.8, 4) is 23.1 Å². The van der Waals surface area contributed by atoms with Gasteiger partial charge in [-0.15, -0.1) is 0 Å². The van der Waals surface area contributed by atoms with Crippen molar-refractivity contribution in [3.63, 3.8) is 0 Å². The third-order valence-corrected chi connectivity index (χ3v) is 6.60. The molecule has 0 atom stereocenters. The fourth-order valence-electron chi connectivity index (χ4n) is 3.81. The summed E-state index contributed by atoms with van der Waals surface area (Å²) in [6.07, 6.45) is 3.03. The minimum Gasteiger partial charge on any atom is -0.493 e. The van der Waals surface area contributed by atoms with Crippen LogP contribution < -0.4 is 28.6 Å². The first-order valence-corrected chi connectivity index (χ1v) is 13.5. The normalized spacial score (nSPS) is 13.7. The summed E-state index contributed by atoms with van der Waals surface area (Å²) < 4.78 is 48.3. The number of hydrogen-bond acceptors (Lipinski definition) is 9. The van der Waals surface area contributed by atoms with Crippen molar-refractivity contribution in [3.05, 3.63) is 60.2 Å². The maximum atomic E-state index is 13.1. The molecule has 37 heavy (non-hydrogen) atoms. The number of rotatable bonds is 12. The first-order valence-electron chi connectivity index (χ1n) is 12.0. The van der Waals surface area contributed by atoms with Gasteiger partial charge in [-0.2, -0.15) is 23.1 Å². The van der Waals surface area contributed by atoms with Gasteiger partial charge in [-0.3, -0.25) is 4.72 Å². The van der Waals surface area contributed by atoms with Crippen LogP contribution in [0.15, 0.2) is 54.6 Å². The first-order chi connectivity index (χ1) is 18.0. The van der Waals surface area contributed by atoms with Gasteiger partial charge in [0.05, 0.1) is 13.7 Å². The Labute approximate surface area is 216 Å². The van der Waals surface area contributed by atoms with Crippen LogP contribution >= 0.6 is 0 Å². The van der Waals surface area contributed by atoms with Crippen LogP contribution in [0.5, 0.6) is 23.1 Å². The lowest BCUT2D eigenvalue weighted by Crippen LogP contribution is -2.33. The average molecular weight is 530 g/mol. The molecule has 3 N–H and O–H groups in total. The number of aromatic nitrogens is 2. The van der Waals surface area contributed by atoms with Crippen LogP contribution in [0.4, 0.5) is 11.8 Å². The quantitative estimate of drug-likeness (QED) is 0.323. The van der Waals surface area contributed by atoms with Gasteiger partial charge in [-0.1, -0.05) is 42.5 Å². The van der Waals surface area contributed by atoms with Crippen LogP contribution in [0.2, 0.25) is 0 Å². The molecule has 3 aromatic rings. The number of nitrogens with one attached hydrogen (secondary N) is 2. The molecule has 1 aliphatic heterocycles. The number of para-hydroxylation sites is 2. The van der Waals surface area contributed by atoms with Gasteiger partial charge in [0.25, 0.3) is 5.88 Å². The Balaban J connectivity index is 1.72. The Kier molecular flexibility index (Phi) is 8.99. The van der Waals surface area contributed by atoms with E-state index >= 15 is 0 Å². The fraction of sp³-hybridized carbons (Fsp3) is 0.360. The van der Waals surface area contributed by atoms with Gasteiger partial charge in [0.1, 0.15) is 6.61 Å². The van der Waals surface area contributed by atoms with Crippen molar-refractivity contribution in [2.75, 3.05) is 43.0 Å². The standard InChI is InChI=1S/C25H31N5O6S/c1-34-20-12-6-7-13-21(20)36-22-23(29-37(32,33)26-18-19-10-4-2-5-11-19)27-25(28-24(22)35-17-16-31)30-14-8-3-9-15-30/h2,4-7,10-13,26,31H,3,8-9,14-18H2,1H3,(H,27,28,29). The van der Waals surface area contributed by atoms with Crippen molar-refractivity contribution < 1.29 is 27.7 Å². The zero-order chi connectivity index (χ0) is 26.1. The van der Waals surface area contributed by atoms with E-state index in [4.69, 9.17) is 14.2 Å². The molecule has 1 fully saturated rings. The van der Waals surface area contributed by atoms with E-state index < -0.39 is 10.2 Å². The van der Waals surface area contributed by atoms with Crippen molar-refractivity contribution in [2.45, 2.75) is 25.8 Å². The maximum Gasteiger partial charge on any atom is 0.300 e. The van der Waals surface area contributed by atoms with Crippen molar-refractivity contribution in [1.82, 2.24) is 14.7 Å². The van der Waals surface area contributed by atoms with Gasteiger partial charge < -0.3 is 24.2 Å². The molecule has 1 aromatic heterocycles. The summed E-state index contributed by atoms with van der Waals surface area (Å²) in [6, 6.07) is 16.1. The molecule has 0 aliphatic carbocycles. The number of aliphatic hydroxyl groups excluding tert-OH is 1. The highest BCUT2D eigenvalue weighted by atomic mass is 32.2. The molecule has 4 rings (SSSR count). The second-order valence-electron chi connectivity index (χ2n) is 8.29. The predicted octanol–water partition coefficient (Wildman–Crippen LogP) is 3.09. The van der Waals surface area contributed by atoms with Crippen molar-refractivity contribution in [1.29, 1.82) is 0 Å². The molecule has 0 saturated carbocycles. The van der Waals surface area contributed by atoms with E-state index in [2.05, 4.69) is 19.4 Å². The second kappa shape index (κ2) is 12.6. The zero-order valence-electron chi connectivity index (χ0n) is 20.6. The zero-order valence-corrected chi connectivity index (χ0v) is 21.4. The minimum atomic E-state index is -4.07. The second-order valence-corrected chi connectivity index (χ2v) is 9.79. The minimum absolute atomic E-state index is 0.00344. The third kappa shape index (κ3) is 7.21. The van der Waals surface area contributed by atoms with Crippen LogP contribution in [0.25, 0.3) is 0 Å². The lowest BCUT2D eigenvalue weighted by atomic mass is 10.1.